The molecule has 0 fully saturated rings. The molecule has 5 heteroatoms. The average molecular weight is 291 g/mol. The van der Waals surface area contributed by atoms with Crippen molar-refractivity contribution in [2.75, 3.05) is 33.1 Å². The van der Waals surface area contributed by atoms with Crippen molar-refractivity contribution in [2.45, 2.75) is 19.2 Å². The van der Waals surface area contributed by atoms with Crippen molar-refractivity contribution in [3.63, 3.8) is 0 Å². The normalized spacial score (nSPS) is 12.8. The van der Waals surface area contributed by atoms with E-state index in [1.807, 2.05) is 20.9 Å². The van der Waals surface area contributed by atoms with E-state index in [1.54, 1.807) is 13.3 Å². The van der Waals surface area contributed by atoms with Crippen LogP contribution in [-0.2, 0) is 0 Å². The molecule has 1 rings (SSSR count). The van der Waals surface area contributed by atoms with Crippen molar-refractivity contribution in [1.29, 1.82) is 0 Å². The van der Waals surface area contributed by atoms with E-state index >= 15 is 0 Å². The molecule has 0 aliphatic carbocycles. The lowest BCUT2D eigenvalue weighted by Crippen LogP contribution is -2.25. The van der Waals surface area contributed by atoms with Gasteiger partial charge in [0.2, 0.25) is 0 Å². The Morgan fingerprint density at radius 2 is 2.11 bits per heavy atom. The van der Waals surface area contributed by atoms with Crippen LogP contribution in [0, 0.1) is 13.8 Å². The van der Waals surface area contributed by atoms with Crippen molar-refractivity contribution in [3.05, 3.63) is 23.0 Å². The summed E-state index contributed by atoms with van der Waals surface area (Å²) in [5.41, 5.74) is 2.91. The number of methoxy groups -OCH3 is 1. The van der Waals surface area contributed by atoms with Crippen molar-refractivity contribution in [2.24, 2.45) is 0 Å². The fourth-order valence-corrected chi connectivity index (χ4v) is 2.70. The molecule has 0 bridgehead atoms. The molecule has 1 heterocycles. The molecule has 18 heavy (non-hydrogen) atoms. The van der Waals surface area contributed by atoms with E-state index in [4.69, 9.17) is 27.9 Å². The molecular weight excluding hydrogens is 271 g/mol. The number of alkyl halides is 2. The lowest BCUT2D eigenvalue weighted by molar-refractivity contribution is 0.352. The lowest BCUT2D eigenvalue weighted by Gasteiger charge is -2.21. The molecule has 0 radical (unpaired) electrons. The van der Waals surface area contributed by atoms with E-state index < -0.39 is 0 Å². The minimum Gasteiger partial charge on any atom is -0.496 e. The van der Waals surface area contributed by atoms with Crippen LogP contribution in [0.15, 0.2) is 6.20 Å². The number of ether oxygens (including phenoxy) is 1. The molecule has 0 aromatic carbocycles. The maximum absolute atomic E-state index is 6.42. The Hall–Kier alpha value is -0.510. The number of likely N-dealkylation sites (N-methyl/N-ethyl adjacent to an activating group) is 1. The summed E-state index contributed by atoms with van der Waals surface area (Å²) in [5, 5.41) is -0.160. The third-order valence-corrected chi connectivity index (χ3v) is 3.43. The average Bonchev–Trinajstić information content (AvgIpc) is 2.29. The highest BCUT2D eigenvalue weighted by molar-refractivity contribution is 6.21. The number of hydrogen-bond acceptors (Lipinski definition) is 3. The molecule has 0 aliphatic rings. The van der Waals surface area contributed by atoms with Gasteiger partial charge in [-0.1, -0.05) is 0 Å². The summed E-state index contributed by atoms with van der Waals surface area (Å²) in [6, 6.07) is 0. The number of aromatic nitrogens is 1. The minimum atomic E-state index is -0.160. The summed E-state index contributed by atoms with van der Waals surface area (Å²) < 4.78 is 5.39. The van der Waals surface area contributed by atoms with Gasteiger partial charge in [-0.25, -0.2) is 0 Å². The monoisotopic (exact) mass is 290 g/mol. The zero-order valence-corrected chi connectivity index (χ0v) is 12.8. The van der Waals surface area contributed by atoms with Crippen LogP contribution in [0.25, 0.3) is 0 Å². The Morgan fingerprint density at radius 1 is 1.44 bits per heavy atom. The third-order valence-electron chi connectivity index (χ3n) is 2.92. The van der Waals surface area contributed by atoms with Crippen molar-refractivity contribution >= 4 is 23.2 Å². The molecule has 1 aromatic rings. The first-order valence-corrected chi connectivity index (χ1v) is 6.87. The van der Waals surface area contributed by atoms with Gasteiger partial charge in [0, 0.05) is 36.3 Å². The first kappa shape index (κ1) is 15.5. The van der Waals surface area contributed by atoms with Crippen LogP contribution in [0.3, 0.4) is 0 Å². The number of rotatable bonds is 6. The predicted octanol–water partition coefficient (Wildman–Crippen LogP) is 3.16. The van der Waals surface area contributed by atoms with Gasteiger partial charge >= 0.3 is 0 Å². The van der Waals surface area contributed by atoms with E-state index in [1.165, 1.54) is 0 Å². The topological polar surface area (TPSA) is 25.4 Å². The fourth-order valence-electron chi connectivity index (χ4n) is 1.96. The summed E-state index contributed by atoms with van der Waals surface area (Å²) in [6.07, 6.45) is 1.80. The Balaban J connectivity index is 2.89. The second-order valence-electron chi connectivity index (χ2n) is 4.40. The van der Waals surface area contributed by atoms with Gasteiger partial charge in [0.15, 0.2) is 0 Å². The summed E-state index contributed by atoms with van der Waals surface area (Å²) in [4.78, 5) is 6.52. The van der Waals surface area contributed by atoms with E-state index in [9.17, 15) is 0 Å². The van der Waals surface area contributed by atoms with Crippen LogP contribution in [0.5, 0.6) is 5.75 Å². The SMILES string of the molecule is COc1c(C)cnc(C(Cl)CN(C)CCCl)c1C. The van der Waals surface area contributed by atoms with Crippen LogP contribution >= 0.6 is 23.2 Å². The fraction of sp³-hybridized carbons (Fsp3) is 0.615. The number of pyridine rings is 1. The third kappa shape index (κ3) is 3.74. The molecule has 0 saturated heterocycles. The van der Waals surface area contributed by atoms with E-state index in [0.717, 1.165) is 29.1 Å². The zero-order valence-electron chi connectivity index (χ0n) is 11.3. The number of hydrogen-bond donors (Lipinski definition) is 0. The Kier molecular flexibility index (Phi) is 6.19. The van der Waals surface area contributed by atoms with Gasteiger partial charge in [-0.3, -0.25) is 4.98 Å². The number of aryl methyl sites for hydroxylation is 1. The number of halogens is 2. The second-order valence-corrected chi connectivity index (χ2v) is 5.31. The second kappa shape index (κ2) is 7.17. The standard InChI is InChI=1S/C13H20Cl2N2O/c1-9-7-16-12(10(2)13(9)18-4)11(15)8-17(3)6-5-14/h7,11H,5-6,8H2,1-4H3. The first-order chi connectivity index (χ1) is 8.51. The minimum absolute atomic E-state index is 0.160. The van der Waals surface area contributed by atoms with Crippen LogP contribution in [0.2, 0.25) is 0 Å². The highest BCUT2D eigenvalue weighted by Gasteiger charge is 2.18. The zero-order chi connectivity index (χ0) is 13.7. The van der Waals surface area contributed by atoms with E-state index in [2.05, 4.69) is 9.88 Å². The summed E-state index contributed by atoms with van der Waals surface area (Å²) >= 11 is 12.1. The van der Waals surface area contributed by atoms with Crippen LogP contribution in [0.1, 0.15) is 22.2 Å². The molecule has 0 amide bonds. The molecule has 0 saturated carbocycles. The van der Waals surface area contributed by atoms with Gasteiger partial charge in [-0.15, -0.1) is 23.2 Å². The van der Waals surface area contributed by atoms with Crippen LogP contribution in [-0.4, -0.2) is 43.0 Å². The Bertz CT molecular complexity index is 399. The lowest BCUT2D eigenvalue weighted by atomic mass is 10.1. The molecular formula is C13H20Cl2N2O. The largest absolute Gasteiger partial charge is 0.496 e. The van der Waals surface area contributed by atoms with Gasteiger partial charge < -0.3 is 9.64 Å². The quantitative estimate of drug-likeness (QED) is 0.753. The molecule has 102 valence electrons. The van der Waals surface area contributed by atoms with Crippen LogP contribution < -0.4 is 4.74 Å². The first-order valence-electron chi connectivity index (χ1n) is 5.89. The van der Waals surface area contributed by atoms with Crippen LogP contribution in [0.4, 0.5) is 0 Å². The van der Waals surface area contributed by atoms with Crippen molar-refractivity contribution in [3.8, 4) is 5.75 Å². The summed E-state index contributed by atoms with van der Waals surface area (Å²) in [6.45, 7) is 5.50. The van der Waals surface area contributed by atoms with E-state index in [-0.39, 0.29) is 5.38 Å². The highest BCUT2D eigenvalue weighted by Crippen LogP contribution is 2.30. The summed E-state index contributed by atoms with van der Waals surface area (Å²) in [5.74, 6) is 1.47. The van der Waals surface area contributed by atoms with Gasteiger partial charge in [0.25, 0.3) is 0 Å². The summed E-state index contributed by atoms with van der Waals surface area (Å²) in [7, 11) is 3.67. The smallest absolute Gasteiger partial charge is 0.128 e. The van der Waals surface area contributed by atoms with Gasteiger partial charge in [-0.2, -0.15) is 0 Å². The Morgan fingerprint density at radius 3 is 2.67 bits per heavy atom. The molecule has 1 unspecified atom stereocenters. The van der Waals surface area contributed by atoms with Crippen molar-refractivity contribution < 1.29 is 4.74 Å². The van der Waals surface area contributed by atoms with Crippen molar-refractivity contribution in [1.82, 2.24) is 9.88 Å². The van der Waals surface area contributed by atoms with Gasteiger partial charge in [0.05, 0.1) is 18.2 Å². The molecule has 0 aliphatic heterocycles. The molecule has 0 spiro atoms. The molecule has 3 nitrogen and oxygen atoms in total. The van der Waals surface area contributed by atoms with Gasteiger partial charge in [-0.05, 0) is 20.9 Å². The van der Waals surface area contributed by atoms with E-state index in [0.29, 0.717) is 12.4 Å². The maximum atomic E-state index is 6.42. The Labute approximate surface area is 119 Å². The molecule has 1 atom stereocenters. The highest BCUT2D eigenvalue weighted by atomic mass is 35.5. The number of nitrogens with zero attached hydrogens (tertiary/aromatic N) is 2. The van der Waals surface area contributed by atoms with Gasteiger partial charge in [0.1, 0.15) is 5.75 Å². The molecule has 1 aromatic heterocycles. The molecule has 0 N–H and O–H groups in total. The predicted molar refractivity (Wildman–Crippen MR) is 77.1 cm³/mol. The maximum Gasteiger partial charge on any atom is 0.128 e.